The average molecular weight is 155 g/mol. The average Bonchev–Trinajstić information content (AvgIpc) is 2.03. The summed E-state index contributed by atoms with van der Waals surface area (Å²) in [5.74, 6) is 0.992. The van der Waals surface area contributed by atoms with E-state index in [4.69, 9.17) is 0 Å². The van der Waals surface area contributed by atoms with Gasteiger partial charge in [-0.1, -0.05) is 65.7 Å². The van der Waals surface area contributed by atoms with E-state index in [0.717, 1.165) is 12.3 Å². The normalized spacial score (nSPS) is 13.4. The zero-order valence-electron chi connectivity index (χ0n) is 8.23. The van der Waals surface area contributed by atoms with E-state index < -0.39 is 0 Å². The Bertz CT molecular complexity index is 66.4. The second-order valence-electron chi connectivity index (χ2n) is 3.41. The molecule has 0 aliphatic heterocycles. The molecule has 11 heavy (non-hydrogen) atoms. The molecule has 1 unspecified atom stereocenters. The van der Waals surface area contributed by atoms with Crippen LogP contribution in [0.15, 0.2) is 0 Å². The zero-order chi connectivity index (χ0) is 8.53. The lowest BCUT2D eigenvalue weighted by atomic mass is 9.94. The summed E-state index contributed by atoms with van der Waals surface area (Å²) in [4.78, 5) is 0. The summed E-state index contributed by atoms with van der Waals surface area (Å²) < 4.78 is 0. The van der Waals surface area contributed by atoms with Gasteiger partial charge < -0.3 is 0 Å². The Morgan fingerprint density at radius 3 is 2.27 bits per heavy atom. The summed E-state index contributed by atoms with van der Waals surface area (Å²) in [5.41, 5.74) is 0. The third-order valence-corrected chi connectivity index (χ3v) is 2.39. The Kier molecular flexibility index (Phi) is 8.10. The van der Waals surface area contributed by atoms with Crippen molar-refractivity contribution in [1.29, 1.82) is 0 Å². The topological polar surface area (TPSA) is 0 Å². The van der Waals surface area contributed by atoms with Crippen LogP contribution in [-0.2, 0) is 0 Å². The molecule has 0 aromatic heterocycles. The van der Waals surface area contributed by atoms with E-state index in [1.165, 1.54) is 38.5 Å². The van der Waals surface area contributed by atoms with Crippen LogP contribution in [-0.4, -0.2) is 0 Å². The maximum absolute atomic E-state index is 3.85. The molecule has 0 spiro atoms. The van der Waals surface area contributed by atoms with Crippen molar-refractivity contribution in [3.8, 4) is 0 Å². The molecule has 0 heterocycles. The minimum Gasteiger partial charge on any atom is -0.0654 e. The van der Waals surface area contributed by atoms with E-state index >= 15 is 0 Å². The lowest BCUT2D eigenvalue weighted by Crippen LogP contribution is -1.97. The molecule has 67 valence electrons. The molecule has 0 rings (SSSR count). The van der Waals surface area contributed by atoms with Gasteiger partial charge in [0.2, 0.25) is 0 Å². The van der Waals surface area contributed by atoms with Gasteiger partial charge in [0.15, 0.2) is 0 Å². The highest BCUT2D eigenvalue weighted by Crippen LogP contribution is 2.18. The maximum atomic E-state index is 3.85. The van der Waals surface area contributed by atoms with Gasteiger partial charge in [0.25, 0.3) is 0 Å². The van der Waals surface area contributed by atoms with E-state index in [9.17, 15) is 0 Å². The Morgan fingerprint density at radius 2 is 1.82 bits per heavy atom. The fourth-order valence-electron chi connectivity index (χ4n) is 1.57. The van der Waals surface area contributed by atoms with Crippen LogP contribution in [0.25, 0.3) is 0 Å². The Balaban J connectivity index is 3.20. The first-order chi connectivity index (χ1) is 5.35. The van der Waals surface area contributed by atoms with Gasteiger partial charge in [-0.25, -0.2) is 0 Å². The molecular weight excluding hydrogens is 132 g/mol. The molecule has 0 N–H and O–H groups in total. The highest BCUT2D eigenvalue weighted by molar-refractivity contribution is 4.57. The molecule has 0 amide bonds. The number of hydrogen-bond donors (Lipinski definition) is 0. The number of hydrogen-bond acceptors (Lipinski definition) is 0. The number of unbranched alkanes of at least 4 members (excludes halogenated alkanes) is 2. The Labute approximate surface area is 72.4 Å². The molecule has 0 aliphatic carbocycles. The summed E-state index contributed by atoms with van der Waals surface area (Å²) in [6, 6.07) is 0. The van der Waals surface area contributed by atoms with Crippen molar-refractivity contribution in [1.82, 2.24) is 0 Å². The van der Waals surface area contributed by atoms with Crippen LogP contribution in [0.2, 0.25) is 0 Å². The predicted molar refractivity (Wildman–Crippen MR) is 52.5 cm³/mol. The van der Waals surface area contributed by atoms with E-state index in [2.05, 4.69) is 20.8 Å². The molecule has 0 aliphatic rings. The molecule has 0 nitrogen and oxygen atoms in total. The van der Waals surface area contributed by atoms with Crippen LogP contribution in [0.3, 0.4) is 0 Å². The van der Waals surface area contributed by atoms with Crippen LogP contribution in [0.1, 0.15) is 58.8 Å². The molecule has 0 saturated heterocycles. The third-order valence-electron chi connectivity index (χ3n) is 2.39. The van der Waals surface area contributed by atoms with Gasteiger partial charge in [0.05, 0.1) is 0 Å². The lowest BCUT2D eigenvalue weighted by molar-refractivity contribution is 0.414. The fraction of sp³-hybridized carbons (Fsp3) is 0.909. The summed E-state index contributed by atoms with van der Waals surface area (Å²) in [6.45, 7) is 8.45. The van der Waals surface area contributed by atoms with Crippen molar-refractivity contribution in [2.75, 3.05) is 0 Å². The third kappa shape index (κ3) is 6.40. The van der Waals surface area contributed by atoms with Gasteiger partial charge in [-0.3, -0.25) is 0 Å². The number of rotatable bonds is 7. The Morgan fingerprint density at radius 1 is 1.09 bits per heavy atom. The first-order valence-corrected chi connectivity index (χ1v) is 5.14. The van der Waals surface area contributed by atoms with Crippen LogP contribution in [0.4, 0.5) is 0 Å². The van der Waals surface area contributed by atoms with Gasteiger partial charge in [-0.05, 0) is 5.92 Å². The van der Waals surface area contributed by atoms with Crippen LogP contribution >= 0.6 is 0 Å². The molecule has 0 aromatic carbocycles. The van der Waals surface area contributed by atoms with Gasteiger partial charge in [0, 0.05) is 0 Å². The molecule has 0 aromatic rings. The van der Waals surface area contributed by atoms with Crippen molar-refractivity contribution in [3.05, 3.63) is 6.92 Å². The molecule has 1 radical (unpaired) electrons. The van der Waals surface area contributed by atoms with E-state index in [0.29, 0.717) is 0 Å². The molecule has 0 bridgehead atoms. The summed E-state index contributed by atoms with van der Waals surface area (Å²) >= 11 is 0. The van der Waals surface area contributed by atoms with Crippen LogP contribution < -0.4 is 0 Å². The minimum atomic E-state index is 0.992. The van der Waals surface area contributed by atoms with E-state index in [1.807, 2.05) is 0 Å². The highest BCUT2D eigenvalue weighted by Gasteiger charge is 2.03. The standard InChI is InChI=1S/C11H23/c1-4-7-8-10-11(6-3)9-5-2/h11H,1,4-10H2,2-3H3. The van der Waals surface area contributed by atoms with E-state index in [-0.39, 0.29) is 0 Å². The molecular formula is C11H23. The molecule has 0 fully saturated rings. The zero-order valence-corrected chi connectivity index (χ0v) is 8.23. The van der Waals surface area contributed by atoms with Gasteiger partial charge in [-0.15, -0.1) is 0 Å². The van der Waals surface area contributed by atoms with Crippen molar-refractivity contribution in [2.45, 2.75) is 58.8 Å². The highest BCUT2D eigenvalue weighted by atomic mass is 14.1. The fourth-order valence-corrected chi connectivity index (χ4v) is 1.57. The lowest BCUT2D eigenvalue weighted by Gasteiger charge is -2.12. The Hall–Kier alpha value is 0. The van der Waals surface area contributed by atoms with E-state index in [1.54, 1.807) is 0 Å². The molecule has 0 heteroatoms. The summed E-state index contributed by atoms with van der Waals surface area (Å²) in [7, 11) is 0. The first-order valence-electron chi connectivity index (χ1n) is 5.14. The monoisotopic (exact) mass is 155 g/mol. The summed E-state index contributed by atoms with van der Waals surface area (Å²) in [5, 5.41) is 0. The SMILES string of the molecule is [CH2]CCCCC(CC)CCC. The molecule has 1 atom stereocenters. The van der Waals surface area contributed by atoms with Crippen LogP contribution in [0, 0.1) is 12.8 Å². The van der Waals surface area contributed by atoms with Crippen molar-refractivity contribution < 1.29 is 0 Å². The predicted octanol–water partition coefficient (Wildman–Crippen LogP) is 4.21. The second-order valence-corrected chi connectivity index (χ2v) is 3.41. The first kappa shape index (κ1) is 11.0. The maximum Gasteiger partial charge on any atom is -0.0417 e. The van der Waals surface area contributed by atoms with Crippen molar-refractivity contribution in [3.63, 3.8) is 0 Å². The quantitative estimate of drug-likeness (QED) is 0.483. The van der Waals surface area contributed by atoms with Crippen LogP contribution in [0.5, 0.6) is 0 Å². The van der Waals surface area contributed by atoms with Crippen molar-refractivity contribution in [2.24, 2.45) is 5.92 Å². The van der Waals surface area contributed by atoms with Crippen molar-refractivity contribution >= 4 is 0 Å². The van der Waals surface area contributed by atoms with Gasteiger partial charge >= 0.3 is 0 Å². The largest absolute Gasteiger partial charge is 0.0654 e. The smallest absolute Gasteiger partial charge is 0.0417 e. The van der Waals surface area contributed by atoms with Gasteiger partial charge in [0.1, 0.15) is 0 Å². The minimum absolute atomic E-state index is 0.992. The molecule has 0 saturated carbocycles. The second kappa shape index (κ2) is 8.10. The van der Waals surface area contributed by atoms with Gasteiger partial charge in [-0.2, -0.15) is 0 Å². The summed E-state index contributed by atoms with van der Waals surface area (Å²) in [6.07, 6.45) is 9.39.